The molecule has 0 saturated heterocycles. The van der Waals surface area contributed by atoms with Gasteiger partial charge in [0, 0.05) is 24.8 Å². The lowest BCUT2D eigenvalue weighted by atomic mass is 9.94. The van der Waals surface area contributed by atoms with E-state index in [0.29, 0.717) is 24.0 Å². The van der Waals surface area contributed by atoms with Crippen molar-refractivity contribution in [3.05, 3.63) is 41.6 Å². The molecule has 1 heterocycles. The zero-order valence-corrected chi connectivity index (χ0v) is 21.3. The monoisotopic (exact) mass is 564 g/mol. The van der Waals surface area contributed by atoms with Crippen molar-refractivity contribution in [2.75, 3.05) is 25.5 Å². The Labute approximate surface area is 205 Å². The van der Waals surface area contributed by atoms with E-state index in [1.165, 1.54) is 48.6 Å². The van der Waals surface area contributed by atoms with Crippen LogP contribution in [0.15, 0.2) is 41.0 Å². The van der Waals surface area contributed by atoms with Gasteiger partial charge in [-0.3, -0.25) is 19.4 Å². The summed E-state index contributed by atoms with van der Waals surface area (Å²) in [6.07, 6.45) is 11.2. The minimum Gasteiger partial charge on any atom is -0.480 e. The third-order valence-corrected chi connectivity index (χ3v) is 8.47. The third kappa shape index (κ3) is 7.28. The second-order valence-corrected chi connectivity index (χ2v) is 11.6. The summed E-state index contributed by atoms with van der Waals surface area (Å²) in [5.74, 6) is -0.209. The quantitative estimate of drug-likeness (QED) is 0.416. The predicted octanol–water partition coefficient (Wildman–Crippen LogP) is 4.21. The number of halogens is 1. The van der Waals surface area contributed by atoms with Gasteiger partial charge in [0.25, 0.3) is 5.91 Å². The first-order valence-corrected chi connectivity index (χ1v) is 14.1. The van der Waals surface area contributed by atoms with Crippen molar-refractivity contribution in [3.63, 3.8) is 0 Å². The number of hydrogen-bond acceptors (Lipinski definition) is 5. The summed E-state index contributed by atoms with van der Waals surface area (Å²) < 4.78 is 3.32. The number of benzene rings is 1. The number of nitrogens with zero attached hydrogens (tertiary/aromatic N) is 3. The number of hydrogen-bond donors (Lipinski definition) is 2. The minimum atomic E-state index is -0.847. The molecular formula is C25H33IN4O3. The molecule has 0 bridgehead atoms. The molecule has 8 heteroatoms. The summed E-state index contributed by atoms with van der Waals surface area (Å²) in [7, 11) is 1.77. The highest BCUT2D eigenvalue weighted by Crippen LogP contribution is 2.34. The fourth-order valence-corrected chi connectivity index (χ4v) is 6.60. The SMILES string of the molecule is CN(CC(=O)O)Cc1ccc(NC(=O)C2=CC(N(CC3CC3)C3CCCCC3)=IC=N2)cc1. The molecule has 2 aliphatic carbocycles. The molecule has 1 aliphatic heterocycles. The van der Waals surface area contributed by atoms with E-state index in [4.69, 9.17) is 5.11 Å². The van der Waals surface area contributed by atoms with Gasteiger partial charge in [0.2, 0.25) is 0 Å². The molecule has 3 aliphatic rings. The van der Waals surface area contributed by atoms with Crippen LogP contribution in [-0.2, 0) is 16.1 Å². The second kappa shape index (κ2) is 11.5. The highest BCUT2D eigenvalue weighted by Gasteiger charge is 2.31. The van der Waals surface area contributed by atoms with E-state index in [-0.39, 0.29) is 33.2 Å². The molecule has 2 saturated carbocycles. The number of rotatable bonds is 10. The van der Waals surface area contributed by atoms with Crippen molar-refractivity contribution in [3.8, 4) is 0 Å². The van der Waals surface area contributed by atoms with Gasteiger partial charge in [-0.1, -0.05) is 52.1 Å². The zero-order valence-electron chi connectivity index (χ0n) is 19.2. The van der Waals surface area contributed by atoms with Crippen molar-refractivity contribution in [2.24, 2.45) is 10.9 Å². The Hall–Kier alpha value is -1.91. The minimum absolute atomic E-state index is 0.00920. The molecule has 0 radical (unpaired) electrons. The topological polar surface area (TPSA) is 85.2 Å². The molecule has 178 valence electrons. The molecule has 7 nitrogen and oxygen atoms in total. The Bertz CT molecular complexity index is 947. The lowest BCUT2D eigenvalue weighted by molar-refractivity contribution is -0.138. The number of aliphatic carboxylic acids is 1. The van der Waals surface area contributed by atoms with Crippen LogP contribution in [0.4, 0.5) is 5.69 Å². The van der Waals surface area contributed by atoms with Gasteiger partial charge in [-0.25, -0.2) is 4.99 Å². The summed E-state index contributed by atoms with van der Waals surface area (Å²) in [4.78, 5) is 32.6. The Kier molecular flexibility index (Phi) is 8.43. The second-order valence-electron chi connectivity index (χ2n) is 9.29. The Balaban J connectivity index is 1.39. The van der Waals surface area contributed by atoms with E-state index >= 15 is 0 Å². The van der Waals surface area contributed by atoms with E-state index in [9.17, 15) is 9.59 Å². The van der Waals surface area contributed by atoms with Crippen molar-refractivity contribution in [1.82, 2.24) is 9.80 Å². The van der Waals surface area contributed by atoms with Crippen LogP contribution in [0.5, 0.6) is 0 Å². The fraction of sp³-hybridized carbons (Fsp3) is 0.520. The van der Waals surface area contributed by atoms with E-state index in [2.05, 4.69) is 15.2 Å². The van der Waals surface area contributed by atoms with Crippen LogP contribution in [0.25, 0.3) is 0 Å². The van der Waals surface area contributed by atoms with Crippen LogP contribution in [0.3, 0.4) is 0 Å². The number of carboxylic acids is 1. The van der Waals surface area contributed by atoms with Crippen molar-refractivity contribution in [1.29, 1.82) is 0 Å². The molecule has 2 fully saturated rings. The van der Waals surface area contributed by atoms with Crippen LogP contribution in [0.2, 0.25) is 0 Å². The van der Waals surface area contributed by atoms with Crippen LogP contribution < -0.4 is 5.32 Å². The molecule has 33 heavy (non-hydrogen) atoms. The van der Waals surface area contributed by atoms with Gasteiger partial charge in [-0.05, 0) is 62.4 Å². The summed E-state index contributed by atoms with van der Waals surface area (Å²) in [6, 6.07) is 8.15. The molecule has 2 N–H and O–H groups in total. The lowest BCUT2D eigenvalue weighted by Crippen LogP contribution is -2.41. The molecular weight excluding hydrogens is 531 g/mol. The van der Waals surface area contributed by atoms with Crippen LogP contribution in [0, 0.1) is 5.92 Å². The molecule has 0 aromatic heterocycles. The highest BCUT2D eigenvalue weighted by atomic mass is 127. The maximum atomic E-state index is 12.9. The van der Waals surface area contributed by atoms with E-state index in [1.54, 1.807) is 11.9 Å². The number of nitrogens with one attached hydrogen (secondary N) is 1. The summed E-state index contributed by atoms with van der Waals surface area (Å²) in [6.45, 7) is 1.66. The highest BCUT2D eigenvalue weighted by molar-refractivity contribution is 14.2. The van der Waals surface area contributed by atoms with Crippen molar-refractivity contribution >= 4 is 46.1 Å². The Morgan fingerprint density at radius 3 is 2.52 bits per heavy atom. The van der Waals surface area contributed by atoms with Gasteiger partial charge in [-0.2, -0.15) is 0 Å². The maximum Gasteiger partial charge on any atom is 0.317 e. The number of carbonyl (C=O) groups excluding carboxylic acids is 1. The summed E-state index contributed by atoms with van der Waals surface area (Å²) in [5.41, 5.74) is 2.19. The first-order valence-electron chi connectivity index (χ1n) is 11.8. The molecule has 1 aromatic carbocycles. The predicted molar refractivity (Wildman–Crippen MR) is 141 cm³/mol. The lowest BCUT2D eigenvalue weighted by Gasteiger charge is -2.35. The zero-order chi connectivity index (χ0) is 23.2. The van der Waals surface area contributed by atoms with Gasteiger partial charge in [0.15, 0.2) is 0 Å². The number of anilines is 1. The van der Waals surface area contributed by atoms with Gasteiger partial charge in [0.1, 0.15) is 5.70 Å². The number of likely N-dealkylation sites (N-methyl/N-ethyl adjacent to an activating group) is 1. The largest absolute Gasteiger partial charge is 0.480 e. The smallest absolute Gasteiger partial charge is 0.317 e. The van der Waals surface area contributed by atoms with Crippen LogP contribution in [-0.4, -0.2) is 60.8 Å². The van der Waals surface area contributed by atoms with Crippen LogP contribution >= 0.6 is 20.7 Å². The molecule has 0 spiro atoms. The fourth-order valence-electron chi connectivity index (χ4n) is 4.45. The van der Waals surface area contributed by atoms with Gasteiger partial charge < -0.3 is 10.4 Å². The molecule has 0 atom stereocenters. The van der Waals surface area contributed by atoms with Gasteiger partial charge in [-0.15, -0.1) is 0 Å². The number of aliphatic imine (C=N–C) groups is 1. The average Bonchev–Trinajstić information content (AvgIpc) is 3.63. The maximum absolute atomic E-state index is 12.9. The first kappa shape index (κ1) is 24.2. The summed E-state index contributed by atoms with van der Waals surface area (Å²) >= 11 is -0.308. The normalized spacial score (nSPS) is 19.1. The van der Waals surface area contributed by atoms with E-state index < -0.39 is 5.97 Å². The Morgan fingerprint density at radius 1 is 1.12 bits per heavy atom. The third-order valence-electron chi connectivity index (χ3n) is 6.35. The molecule has 0 unspecified atom stereocenters. The molecule has 1 amide bonds. The van der Waals surface area contributed by atoms with Gasteiger partial charge in [0.05, 0.1) is 14.4 Å². The standard InChI is InChI=1S/C25H33IN4O3/c1-29(16-24(31)32)14-18-9-11-20(12-10-18)28-25(33)22-13-23(26-17-27-22)30(15-19-7-8-19)21-5-3-2-4-6-21/h9-13,17,19,21H,2-8,14-16H2,1H3,(H,28,33)(H,31,32). The Morgan fingerprint density at radius 2 is 1.85 bits per heavy atom. The van der Waals surface area contributed by atoms with Crippen LogP contribution in [0.1, 0.15) is 50.5 Å². The van der Waals surface area contributed by atoms with E-state index in [1.807, 2.05) is 34.6 Å². The average molecular weight is 564 g/mol. The number of amides is 1. The first-order chi connectivity index (χ1) is 16.0. The van der Waals surface area contributed by atoms with Crippen molar-refractivity contribution < 1.29 is 14.7 Å². The van der Waals surface area contributed by atoms with Crippen molar-refractivity contribution in [2.45, 2.75) is 57.5 Å². The molecule has 4 rings (SSSR count). The summed E-state index contributed by atoms with van der Waals surface area (Å²) in [5, 5.41) is 11.9. The molecule has 1 aromatic rings. The number of carboxylic acid groups (broad SMARTS) is 1. The van der Waals surface area contributed by atoms with Gasteiger partial charge >= 0.3 is 5.97 Å². The number of carbonyl (C=O) groups is 2. The van der Waals surface area contributed by atoms with E-state index in [0.717, 1.165) is 18.0 Å².